The van der Waals surface area contributed by atoms with E-state index >= 15 is 0 Å². The standard InChI is InChI=1S/C18H15NO4/c1-11-6-7-12(8-16(11)23-10-13-9-22-13)19-17(20)14-4-2-3-5-15(14)18(19)21/h2-8,13H,9-10H2,1H3. The summed E-state index contributed by atoms with van der Waals surface area (Å²) >= 11 is 0. The van der Waals surface area contributed by atoms with Gasteiger partial charge in [-0.25, -0.2) is 4.90 Å². The van der Waals surface area contributed by atoms with Gasteiger partial charge in [0.05, 0.1) is 23.4 Å². The van der Waals surface area contributed by atoms with Crippen LogP contribution >= 0.6 is 0 Å². The molecule has 1 fully saturated rings. The average Bonchev–Trinajstić information content (AvgIpc) is 3.35. The minimum atomic E-state index is -0.300. The van der Waals surface area contributed by atoms with E-state index in [-0.39, 0.29) is 17.9 Å². The summed E-state index contributed by atoms with van der Waals surface area (Å²) in [6.07, 6.45) is 0.150. The van der Waals surface area contributed by atoms with Gasteiger partial charge in [0.25, 0.3) is 11.8 Å². The molecule has 2 aromatic rings. The van der Waals surface area contributed by atoms with Crippen molar-refractivity contribution in [2.45, 2.75) is 13.0 Å². The van der Waals surface area contributed by atoms with Crippen LogP contribution in [0.2, 0.25) is 0 Å². The SMILES string of the molecule is Cc1ccc(N2C(=O)c3ccccc3C2=O)cc1OCC1CO1. The number of hydrogen-bond donors (Lipinski definition) is 0. The Morgan fingerprint density at radius 3 is 2.39 bits per heavy atom. The van der Waals surface area contributed by atoms with Crippen LogP contribution in [0.25, 0.3) is 0 Å². The third-order valence-corrected chi connectivity index (χ3v) is 4.05. The third kappa shape index (κ3) is 2.39. The van der Waals surface area contributed by atoms with Crippen molar-refractivity contribution in [1.82, 2.24) is 0 Å². The molecule has 0 aromatic heterocycles. The summed E-state index contributed by atoms with van der Waals surface area (Å²) in [5, 5.41) is 0. The molecule has 1 unspecified atom stereocenters. The zero-order chi connectivity index (χ0) is 16.0. The molecule has 0 radical (unpaired) electrons. The maximum Gasteiger partial charge on any atom is 0.266 e. The predicted octanol–water partition coefficient (Wildman–Crippen LogP) is 2.57. The van der Waals surface area contributed by atoms with E-state index in [0.717, 1.165) is 12.2 Å². The monoisotopic (exact) mass is 309 g/mol. The molecule has 2 aliphatic rings. The highest BCUT2D eigenvalue weighted by Gasteiger charge is 2.36. The number of rotatable bonds is 4. The van der Waals surface area contributed by atoms with E-state index in [0.29, 0.717) is 29.2 Å². The molecule has 2 heterocycles. The van der Waals surface area contributed by atoms with E-state index < -0.39 is 0 Å². The number of amides is 2. The number of hydrogen-bond acceptors (Lipinski definition) is 4. The number of carbonyl (C=O) groups excluding carboxylic acids is 2. The molecule has 0 saturated carbocycles. The summed E-state index contributed by atoms with van der Waals surface area (Å²) < 4.78 is 10.9. The quantitative estimate of drug-likeness (QED) is 0.643. The molecule has 0 bridgehead atoms. The fraction of sp³-hybridized carbons (Fsp3) is 0.222. The number of ether oxygens (including phenoxy) is 2. The van der Waals surface area contributed by atoms with Crippen LogP contribution < -0.4 is 9.64 Å². The Kier molecular flexibility index (Phi) is 3.16. The Balaban J connectivity index is 1.67. The van der Waals surface area contributed by atoms with E-state index in [1.165, 1.54) is 4.90 Å². The fourth-order valence-electron chi connectivity index (χ4n) is 2.65. The minimum Gasteiger partial charge on any atom is -0.490 e. The van der Waals surface area contributed by atoms with Crippen molar-refractivity contribution in [3.63, 3.8) is 0 Å². The van der Waals surface area contributed by atoms with Crippen molar-refractivity contribution < 1.29 is 19.1 Å². The zero-order valence-corrected chi connectivity index (χ0v) is 12.6. The zero-order valence-electron chi connectivity index (χ0n) is 12.6. The van der Waals surface area contributed by atoms with Crippen LogP contribution in [0, 0.1) is 6.92 Å². The summed E-state index contributed by atoms with van der Waals surface area (Å²) in [7, 11) is 0. The molecule has 2 aromatic carbocycles. The van der Waals surface area contributed by atoms with Crippen LogP contribution in [0.4, 0.5) is 5.69 Å². The third-order valence-electron chi connectivity index (χ3n) is 4.05. The minimum absolute atomic E-state index is 0.150. The second kappa shape index (κ2) is 5.21. The van der Waals surface area contributed by atoms with Gasteiger partial charge in [0.1, 0.15) is 18.5 Å². The van der Waals surface area contributed by atoms with Crippen molar-refractivity contribution in [1.29, 1.82) is 0 Å². The highest BCUT2D eigenvalue weighted by molar-refractivity contribution is 6.34. The number of anilines is 1. The molecule has 1 saturated heterocycles. The highest BCUT2D eigenvalue weighted by atomic mass is 16.6. The number of fused-ring (bicyclic) bond motifs is 1. The number of carbonyl (C=O) groups is 2. The number of benzene rings is 2. The van der Waals surface area contributed by atoms with E-state index in [1.807, 2.05) is 13.0 Å². The number of aryl methyl sites for hydroxylation is 1. The molecule has 4 rings (SSSR count). The van der Waals surface area contributed by atoms with Crippen molar-refractivity contribution in [3.8, 4) is 5.75 Å². The Morgan fingerprint density at radius 2 is 1.78 bits per heavy atom. The first-order valence-corrected chi connectivity index (χ1v) is 7.48. The summed E-state index contributed by atoms with van der Waals surface area (Å²) in [6.45, 7) is 3.12. The topological polar surface area (TPSA) is 59.1 Å². The lowest BCUT2D eigenvalue weighted by molar-refractivity contribution is 0.0926. The maximum atomic E-state index is 12.5. The first-order chi connectivity index (χ1) is 11.1. The molecule has 5 heteroatoms. The van der Waals surface area contributed by atoms with Crippen LogP contribution in [-0.4, -0.2) is 31.1 Å². The van der Waals surface area contributed by atoms with E-state index in [9.17, 15) is 9.59 Å². The number of imide groups is 1. The van der Waals surface area contributed by atoms with Gasteiger partial charge < -0.3 is 9.47 Å². The van der Waals surface area contributed by atoms with E-state index in [2.05, 4.69) is 0 Å². The predicted molar refractivity (Wildman–Crippen MR) is 84.0 cm³/mol. The van der Waals surface area contributed by atoms with Crippen LogP contribution in [0.3, 0.4) is 0 Å². The smallest absolute Gasteiger partial charge is 0.266 e. The molecule has 0 N–H and O–H groups in total. The fourth-order valence-corrected chi connectivity index (χ4v) is 2.65. The van der Waals surface area contributed by atoms with Gasteiger partial charge in [-0.1, -0.05) is 18.2 Å². The Morgan fingerprint density at radius 1 is 1.13 bits per heavy atom. The largest absolute Gasteiger partial charge is 0.490 e. The first-order valence-electron chi connectivity index (χ1n) is 7.48. The molecule has 2 amide bonds. The molecule has 1 atom stereocenters. The molecular formula is C18H15NO4. The van der Waals surface area contributed by atoms with Gasteiger partial charge in [0.15, 0.2) is 0 Å². The van der Waals surface area contributed by atoms with Crippen molar-refractivity contribution in [2.24, 2.45) is 0 Å². The first kappa shape index (κ1) is 14.0. The second-order valence-corrected chi connectivity index (χ2v) is 5.71. The molecule has 23 heavy (non-hydrogen) atoms. The molecule has 116 valence electrons. The van der Waals surface area contributed by atoms with Gasteiger partial charge in [-0.05, 0) is 30.7 Å². The van der Waals surface area contributed by atoms with Gasteiger partial charge in [0, 0.05) is 6.07 Å². The summed E-state index contributed by atoms with van der Waals surface area (Å²) in [5.74, 6) is 0.0615. The normalized spacial score (nSPS) is 19.0. The van der Waals surface area contributed by atoms with E-state index in [4.69, 9.17) is 9.47 Å². The lowest BCUT2D eigenvalue weighted by Crippen LogP contribution is -2.29. The number of nitrogens with zero attached hydrogens (tertiary/aromatic N) is 1. The maximum absolute atomic E-state index is 12.5. The lowest BCUT2D eigenvalue weighted by Gasteiger charge is -2.16. The molecule has 0 aliphatic carbocycles. The van der Waals surface area contributed by atoms with Crippen LogP contribution in [-0.2, 0) is 4.74 Å². The van der Waals surface area contributed by atoms with Gasteiger partial charge in [0.2, 0.25) is 0 Å². The molecule has 5 nitrogen and oxygen atoms in total. The Hall–Kier alpha value is -2.66. The van der Waals surface area contributed by atoms with Gasteiger partial charge in [-0.15, -0.1) is 0 Å². The lowest BCUT2D eigenvalue weighted by atomic mass is 10.1. The van der Waals surface area contributed by atoms with Crippen molar-refractivity contribution in [2.75, 3.05) is 18.1 Å². The molecular weight excluding hydrogens is 294 g/mol. The van der Waals surface area contributed by atoms with Gasteiger partial charge in [-0.3, -0.25) is 9.59 Å². The van der Waals surface area contributed by atoms with Crippen molar-refractivity contribution >= 4 is 17.5 Å². The Labute approximate surface area is 133 Å². The second-order valence-electron chi connectivity index (χ2n) is 5.71. The van der Waals surface area contributed by atoms with Crippen molar-refractivity contribution in [3.05, 3.63) is 59.2 Å². The van der Waals surface area contributed by atoms with Crippen LogP contribution in [0.5, 0.6) is 5.75 Å². The molecule has 0 spiro atoms. The highest BCUT2D eigenvalue weighted by Crippen LogP contribution is 2.32. The van der Waals surface area contributed by atoms with Gasteiger partial charge in [-0.2, -0.15) is 0 Å². The van der Waals surface area contributed by atoms with Crippen LogP contribution in [0.15, 0.2) is 42.5 Å². The summed E-state index contributed by atoms with van der Waals surface area (Å²) in [4.78, 5) is 26.2. The molecule has 2 aliphatic heterocycles. The Bertz CT molecular complexity index is 775. The average molecular weight is 309 g/mol. The number of epoxide rings is 1. The summed E-state index contributed by atoms with van der Waals surface area (Å²) in [6, 6.07) is 12.2. The van der Waals surface area contributed by atoms with Gasteiger partial charge >= 0.3 is 0 Å². The van der Waals surface area contributed by atoms with Crippen LogP contribution in [0.1, 0.15) is 26.3 Å². The summed E-state index contributed by atoms with van der Waals surface area (Å²) in [5.41, 5.74) is 2.35. The van der Waals surface area contributed by atoms with E-state index in [1.54, 1.807) is 36.4 Å².